The minimum Gasteiger partial charge on any atom is -0.355 e. The Kier molecular flexibility index (Phi) is 7.68. The largest absolute Gasteiger partial charge is 0.355 e. The molecule has 1 aromatic heterocycles. The van der Waals surface area contributed by atoms with Crippen molar-refractivity contribution in [1.29, 1.82) is 0 Å². The van der Waals surface area contributed by atoms with Crippen LogP contribution in [0.2, 0.25) is 0 Å². The van der Waals surface area contributed by atoms with Gasteiger partial charge in [0.05, 0.1) is 6.54 Å². The molecule has 0 spiro atoms. The normalized spacial score (nSPS) is 16.4. The lowest BCUT2D eigenvalue weighted by Crippen LogP contribution is -2.48. The van der Waals surface area contributed by atoms with Crippen molar-refractivity contribution >= 4 is 17.3 Å². The van der Waals surface area contributed by atoms with Crippen LogP contribution in [0.1, 0.15) is 15.3 Å². The molecule has 0 atom stereocenters. The van der Waals surface area contributed by atoms with Gasteiger partial charge in [0, 0.05) is 62.6 Å². The van der Waals surface area contributed by atoms with Crippen LogP contribution >= 0.6 is 11.3 Å². The Morgan fingerprint density at radius 3 is 2.41 bits per heavy atom. The molecule has 1 aromatic carbocycles. The predicted molar refractivity (Wildman–Crippen MR) is 115 cm³/mol. The lowest BCUT2D eigenvalue weighted by Gasteiger charge is -2.34. The van der Waals surface area contributed by atoms with Gasteiger partial charge in [0.2, 0.25) is 0 Å². The molecule has 6 heteroatoms. The average Bonchev–Trinajstić information content (AvgIpc) is 3.12. The maximum Gasteiger partial charge on any atom is 0.191 e. The van der Waals surface area contributed by atoms with Crippen molar-refractivity contribution in [3.05, 3.63) is 57.8 Å². The second-order valence-corrected chi connectivity index (χ2v) is 8.34. The Morgan fingerprint density at radius 1 is 1.00 bits per heavy atom. The van der Waals surface area contributed by atoms with Gasteiger partial charge in [0.1, 0.15) is 0 Å². The van der Waals surface area contributed by atoms with Gasteiger partial charge < -0.3 is 10.6 Å². The number of benzene rings is 1. The van der Waals surface area contributed by atoms with E-state index in [0.717, 1.165) is 58.3 Å². The summed E-state index contributed by atoms with van der Waals surface area (Å²) in [5.41, 5.74) is 1.41. The number of hydrogen-bond donors (Lipinski definition) is 2. The number of hydrogen-bond acceptors (Lipinski definition) is 4. The highest BCUT2D eigenvalue weighted by molar-refractivity contribution is 7.11. The summed E-state index contributed by atoms with van der Waals surface area (Å²) in [6.07, 6.45) is 0. The summed E-state index contributed by atoms with van der Waals surface area (Å²) < 4.78 is 0. The maximum atomic E-state index is 4.32. The van der Waals surface area contributed by atoms with Gasteiger partial charge in [-0.25, -0.2) is 0 Å². The molecule has 1 saturated heterocycles. The molecule has 1 fully saturated rings. The first-order valence-corrected chi connectivity index (χ1v) is 10.5. The minimum absolute atomic E-state index is 0.830. The van der Waals surface area contributed by atoms with Gasteiger partial charge in [-0.2, -0.15) is 0 Å². The van der Waals surface area contributed by atoms with Crippen LogP contribution in [-0.2, 0) is 13.1 Å². The molecule has 0 aliphatic carbocycles. The molecule has 2 N–H and O–H groups in total. The number of nitrogens with zero attached hydrogens (tertiary/aromatic N) is 3. The van der Waals surface area contributed by atoms with Gasteiger partial charge in [-0.15, -0.1) is 11.3 Å². The minimum atomic E-state index is 0.830. The van der Waals surface area contributed by atoms with Crippen molar-refractivity contribution in [2.45, 2.75) is 20.0 Å². The van der Waals surface area contributed by atoms with E-state index in [2.05, 4.69) is 74.8 Å². The zero-order valence-electron chi connectivity index (χ0n) is 16.4. The number of nitrogens with one attached hydrogen (secondary N) is 2. The molecule has 0 unspecified atom stereocenters. The molecule has 0 saturated carbocycles. The fraction of sp³-hybridized carbons (Fsp3) is 0.476. The second kappa shape index (κ2) is 10.4. The van der Waals surface area contributed by atoms with E-state index in [4.69, 9.17) is 0 Å². The summed E-state index contributed by atoms with van der Waals surface area (Å²) in [6, 6.07) is 15.1. The van der Waals surface area contributed by atoms with E-state index in [1.54, 1.807) is 0 Å². The van der Waals surface area contributed by atoms with Crippen molar-refractivity contribution in [2.24, 2.45) is 4.99 Å². The van der Waals surface area contributed by atoms with E-state index in [1.807, 2.05) is 18.4 Å². The fourth-order valence-electron chi connectivity index (χ4n) is 3.32. The third-order valence-electron chi connectivity index (χ3n) is 4.88. The van der Waals surface area contributed by atoms with Crippen LogP contribution in [0.4, 0.5) is 0 Å². The zero-order valence-corrected chi connectivity index (χ0v) is 17.3. The van der Waals surface area contributed by atoms with Crippen LogP contribution in [0.3, 0.4) is 0 Å². The molecule has 146 valence electrons. The summed E-state index contributed by atoms with van der Waals surface area (Å²) in [7, 11) is 1.83. The number of aryl methyl sites for hydroxylation is 1. The fourth-order valence-corrected chi connectivity index (χ4v) is 4.15. The molecular formula is C21H31N5S. The summed E-state index contributed by atoms with van der Waals surface area (Å²) in [6.45, 7) is 10.5. The summed E-state index contributed by atoms with van der Waals surface area (Å²) >= 11 is 1.83. The molecule has 3 rings (SSSR count). The molecule has 0 bridgehead atoms. The number of rotatable bonds is 7. The smallest absolute Gasteiger partial charge is 0.191 e. The lowest BCUT2D eigenvalue weighted by molar-refractivity contribution is 0.129. The summed E-state index contributed by atoms with van der Waals surface area (Å²) in [5, 5.41) is 6.83. The first-order chi connectivity index (χ1) is 13.2. The monoisotopic (exact) mass is 385 g/mol. The summed E-state index contributed by atoms with van der Waals surface area (Å²) in [4.78, 5) is 12.1. The lowest BCUT2D eigenvalue weighted by atomic mass is 10.2. The van der Waals surface area contributed by atoms with Gasteiger partial charge in [0.15, 0.2) is 5.96 Å². The highest BCUT2D eigenvalue weighted by atomic mass is 32.1. The van der Waals surface area contributed by atoms with Crippen molar-refractivity contribution in [3.8, 4) is 0 Å². The van der Waals surface area contributed by atoms with Crippen LogP contribution in [-0.4, -0.2) is 62.1 Å². The van der Waals surface area contributed by atoms with Crippen molar-refractivity contribution in [1.82, 2.24) is 20.4 Å². The number of thiophene rings is 1. The predicted octanol–water partition coefficient (Wildman–Crippen LogP) is 2.54. The highest BCUT2D eigenvalue weighted by Crippen LogP contribution is 2.14. The molecule has 2 aromatic rings. The third kappa shape index (κ3) is 6.65. The number of guanidine groups is 1. The second-order valence-electron chi connectivity index (χ2n) is 6.97. The molecule has 27 heavy (non-hydrogen) atoms. The van der Waals surface area contributed by atoms with E-state index in [-0.39, 0.29) is 0 Å². The van der Waals surface area contributed by atoms with Crippen LogP contribution in [0, 0.1) is 6.92 Å². The molecule has 2 heterocycles. The molecule has 5 nitrogen and oxygen atoms in total. The highest BCUT2D eigenvalue weighted by Gasteiger charge is 2.16. The average molecular weight is 386 g/mol. The van der Waals surface area contributed by atoms with E-state index < -0.39 is 0 Å². The van der Waals surface area contributed by atoms with Gasteiger partial charge in [-0.1, -0.05) is 30.3 Å². The van der Waals surface area contributed by atoms with Crippen molar-refractivity contribution < 1.29 is 0 Å². The van der Waals surface area contributed by atoms with Crippen LogP contribution in [0.25, 0.3) is 0 Å². The quantitative estimate of drug-likeness (QED) is 0.568. The molecular weight excluding hydrogens is 354 g/mol. The number of aliphatic imine (C=N–C) groups is 1. The van der Waals surface area contributed by atoms with Gasteiger partial charge in [-0.05, 0) is 24.6 Å². The standard InChI is InChI=1S/C21H31N5S/c1-18-8-9-20(27-18)16-24-21(22-2)23-10-11-25-12-14-26(15-13-25)17-19-6-4-3-5-7-19/h3-9H,10-17H2,1-2H3,(H2,22,23,24). The first kappa shape index (κ1) is 19.9. The Balaban J connectivity index is 1.31. The molecule has 1 aliphatic rings. The molecule has 0 amide bonds. The van der Waals surface area contributed by atoms with Crippen LogP contribution in [0.5, 0.6) is 0 Å². The van der Waals surface area contributed by atoms with Crippen molar-refractivity contribution in [3.63, 3.8) is 0 Å². The first-order valence-electron chi connectivity index (χ1n) is 9.71. The Hall–Kier alpha value is -1.89. The van der Waals surface area contributed by atoms with Gasteiger partial charge >= 0.3 is 0 Å². The Bertz CT molecular complexity index is 704. The van der Waals surface area contributed by atoms with Crippen LogP contribution in [0.15, 0.2) is 47.5 Å². The summed E-state index contributed by atoms with van der Waals surface area (Å²) in [5.74, 6) is 0.878. The Labute approximate surface area is 167 Å². The van der Waals surface area contributed by atoms with Crippen molar-refractivity contribution in [2.75, 3.05) is 46.3 Å². The maximum absolute atomic E-state index is 4.32. The van der Waals surface area contributed by atoms with Gasteiger partial charge in [-0.3, -0.25) is 14.8 Å². The van der Waals surface area contributed by atoms with Crippen LogP contribution < -0.4 is 10.6 Å². The van der Waals surface area contributed by atoms with E-state index in [1.165, 1.54) is 15.3 Å². The number of piperazine rings is 1. The molecule has 1 aliphatic heterocycles. The SMILES string of the molecule is CN=C(NCCN1CCN(Cc2ccccc2)CC1)NCc1ccc(C)s1. The molecule has 0 radical (unpaired) electrons. The van der Waals surface area contributed by atoms with E-state index in [0.29, 0.717) is 0 Å². The van der Waals surface area contributed by atoms with Gasteiger partial charge in [0.25, 0.3) is 0 Å². The topological polar surface area (TPSA) is 42.9 Å². The Morgan fingerprint density at radius 2 is 1.74 bits per heavy atom. The van der Waals surface area contributed by atoms with E-state index >= 15 is 0 Å². The zero-order chi connectivity index (χ0) is 18.9. The third-order valence-corrected chi connectivity index (χ3v) is 5.88. The van der Waals surface area contributed by atoms with E-state index in [9.17, 15) is 0 Å².